The number of pyridine rings is 1. The summed E-state index contributed by atoms with van der Waals surface area (Å²) in [4.78, 5) is 19.4. The van der Waals surface area contributed by atoms with E-state index in [9.17, 15) is 4.79 Å². The average molecular weight is 396 g/mol. The lowest BCUT2D eigenvalue weighted by molar-refractivity contribution is 0.0952. The molecule has 0 unspecified atom stereocenters. The number of aromatic nitrogens is 2. The number of ether oxygens (including phenoxy) is 1. The summed E-state index contributed by atoms with van der Waals surface area (Å²) in [5.41, 5.74) is 3.40. The zero-order valence-electron chi connectivity index (χ0n) is 17.7. The van der Waals surface area contributed by atoms with Crippen LogP contribution in [0.5, 0.6) is 5.75 Å². The van der Waals surface area contributed by atoms with Gasteiger partial charge in [0.05, 0.1) is 16.6 Å². The van der Waals surface area contributed by atoms with Crippen LogP contribution in [0.2, 0.25) is 0 Å². The largest absolute Gasteiger partial charge is 0.492 e. The molecule has 0 atom stereocenters. The molecule has 1 N–H and O–H groups in total. The number of hydrogen-bond donors (Lipinski definition) is 1. The van der Waals surface area contributed by atoms with Crippen molar-refractivity contribution in [1.29, 1.82) is 0 Å². The fraction of sp³-hybridized carbons (Fsp3) is 0.409. The number of fused-ring (bicyclic) bond motifs is 1. The predicted octanol–water partition coefficient (Wildman–Crippen LogP) is 3.53. The molecule has 0 radical (unpaired) electrons. The van der Waals surface area contributed by atoms with Crippen molar-refractivity contribution in [3.63, 3.8) is 0 Å². The quantitative estimate of drug-likeness (QED) is 0.627. The van der Waals surface area contributed by atoms with Gasteiger partial charge in [-0.15, -0.1) is 0 Å². The van der Waals surface area contributed by atoms with Gasteiger partial charge < -0.3 is 19.5 Å². The summed E-state index contributed by atoms with van der Waals surface area (Å²) in [6.07, 6.45) is 0. The third-order valence-electron chi connectivity index (χ3n) is 4.66. The minimum Gasteiger partial charge on any atom is -0.492 e. The maximum Gasteiger partial charge on any atom is 0.259 e. The number of rotatable bonds is 8. The molecule has 3 aromatic rings. The second-order valence-corrected chi connectivity index (χ2v) is 7.68. The first kappa shape index (κ1) is 20.8. The van der Waals surface area contributed by atoms with Crippen LogP contribution in [0, 0.1) is 6.92 Å². The summed E-state index contributed by atoms with van der Waals surface area (Å²) >= 11 is 0. The molecule has 0 saturated carbocycles. The Kier molecular flexibility index (Phi) is 6.49. The zero-order valence-corrected chi connectivity index (χ0v) is 17.7. The predicted molar refractivity (Wildman–Crippen MR) is 112 cm³/mol. The van der Waals surface area contributed by atoms with Gasteiger partial charge in [0, 0.05) is 18.8 Å². The molecule has 0 saturated heterocycles. The van der Waals surface area contributed by atoms with E-state index >= 15 is 0 Å². The van der Waals surface area contributed by atoms with Crippen molar-refractivity contribution >= 4 is 17.0 Å². The molecule has 1 amide bonds. The lowest BCUT2D eigenvalue weighted by Crippen LogP contribution is -2.23. The molecular formula is C22H28N4O3. The van der Waals surface area contributed by atoms with E-state index in [4.69, 9.17) is 9.26 Å². The molecule has 0 fully saturated rings. The highest BCUT2D eigenvalue weighted by Gasteiger charge is 2.19. The Bertz CT molecular complexity index is 978. The van der Waals surface area contributed by atoms with Crippen molar-refractivity contribution in [2.24, 2.45) is 0 Å². The standard InChI is InChI=1S/C22H28N4O3/c1-14(2)19-12-18(20-15(3)25-29-22(20)24-19)21(27)23-13-16-6-8-17(9-7-16)28-11-10-26(4)5/h6-9,12,14H,10-11,13H2,1-5H3,(H,23,27). The Morgan fingerprint density at radius 1 is 1.24 bits per heavy atom. The van der Waals surface area contributed by atoms with Gasteiger partial charge in [0.2, 0.25) is 0 Å². The molecule has 7 nitrogen and oxygen atoms in total. The molecule has 0 aliphatic heterocycles. The lowest BCUT2D eigenvalue weighted by Gasteiger charge is -2.12. The van der Waals surface area contributed by atoms with Crippen LogP contribution in [0.3, 0.4) is 0 Å². The van der Waals surface area contributed by atoms with Crippen LogP contribution in [0.4, 0.5) is 0 Å². The van der Waals surface area contributed by atoms with Gasteiger partial charge in [-0.25, -0.2) is 4.98 Å². The molecule has 2 heterocycles. The fourth-order valence-electron chi connectivity index (χ4n) is 2.92. The highest BCUT2D eigenvalue weighted by molar-refractivity contribution is 6.06. The van der Waals surface area contributed by atoms with Crippen molar-refractivity contribution in [1.82, 2.24) is 20.4 Å². The number of nitrogens with one attached hydrogen (secondary N) is 1. The van der Waals surface area contributed by atoms with Crippen molar-refractivity contribution in [3.8, 4) is 5.75 Å². The van der Waals surface area contributed by atoms with Crippen molar-refractivity contribution in [2.45, 2.75) is 33.2 Å². The SMILES string of the molecule is Cc1noc2nc(C(C)C)cc(C(=O)NCc3ccc(OCCN(C)C)cc3)c12. The van der Waals surface area contributed by atoms with Gasteiger partial charge >= 0.3 is 0 Å². The molecule has 29 heavy (non-hydrogen) atoms. The van der Waals surface area contributed by atoms with E-state index in [-0.39, 0.29) is 11.8 Å². The summed E-state index contributed by atoms with van der Waals surface area (Å²) in [6, 6.07) is 9.58. The highest BCUT2D eigenvalue weighted by atomic mass is 16.5. The number of likely N-dealkylation sites (N-methyl/N-ethyl adjacent to an activating group) is 1. The summed E-state index contributed by atoms with van der Waals surface area (Å²) in [7, 11) is 4.02. The first-order valence-corrected chi connectivity index (χ1v) is 9.76. The Labute approximate surface area is 171 Å². The van der Waals surface area contributed by atoms with Crippen LogP contribution in [-0.2, 0) is 6.54 Å². The van der Waals surface area contributed by atoms with Crippen LogP contribution in [0.25, 0.3) is 11.1 Å². The van der Waals surface area contributed by atoms with Gasteiger partial charge in [-0.05, 0) is 50.7 Å². The van der Waals surface area contributed by atoms with Crippen LogP contribution in [0.1, 0.15) is 47.1 Å². The number of carbonyl (C=O) groups excluding carboxylic acids is 1. The van der Waals surface area contributed by atoms with E-state index < -0.39 is 0 Å². The van der Waals surface area contributed by atoms with Crippen LogP contribution in [0.15, 0.2) is 34.9 Å². The number of amides is 1. The first-order valence-electron chi connectivity index (χ1n) is 9.76. The van der Waals surface area contributed by atoms with E-state index in [1.165, 1.54) is 0 Å². The van der Waals surface area contributed by atoms with Crippen molar-refractivity contribution < 1.29 is 14.1 Å². The van der Waals surface area contributed by atoms with Gasteiger partial charge in [0.15, 0.2) is 0 Å². The maximum absolute atomic E-state index is 12.9. The van der Waals surface area contributed by atoms with E-state index in [2.05, 4.69) is 20.4 Å². The second kappa shape index (κ2) is 9.05. The Morgan fingerprint density at radius 2 is 1.97 bits per heavy atom. The van der Waals surface area contributed by atoms with Crippen molar-refractivity contribution in [3.05, 3.63) is 52.8 Å². The summed E-state index contributed by atoms with van der Waals surface area (Å²) in [6.45, 7) is 7.79. The Hall–Kier alpha value is -2.93. The molecule has 0 aliphatic rings. The van der Waals surface area contributed by atoms with E-state index in [0.29, 0.717) is 35.5 Å². The topological polar surface area (TPSA) is 80.5 Å². The third-order valence-corrected chi connectivity index (χ3v) is 4.66. The van der Waals surface area contributed by atoms with E-state index in [1.54, 1.807) is 0 Å². The summed E-state index contributed by atoms with van der Waals surface area (Å²) in [5, 5.41) is 7.62. The fourth-order valence-corrected chi connectivity index (χ4v) is 2.92. The molecule has 1 aromatic carbocycles. The molecule has 7 heteroatoms. The van der Waals surface area contributed by atoms with E-state index in [0.717, 1.165) is 23.6 Å². The number of aryl methyl sites for hydroxylation is 1. The van der Waals surface area contributed by atoms with Gasteiger partial charge in [-0.1, -0.05) is 31.1 Å². The molecule has 3 rings (SSSR count). The Morgan fingerprint density at radius 3 is 2.62 bits per heavy atom. The third kappa shape index (κ3) is 5.12. The smallest absolute Gasteiger partial charge is 0.259 e. The number of hydrogen-bond acceptors (Lipinski definition) is 6. The van der Waals surface area contributed by atoms with Gasteiger partial charge in [0.25, 0.3) is 11.6 Å². The average Bonchev–Trinajstić information content (AvgIpc) is 3.07. The number of benzene rings is 1. The van der Waals surface area contributed by atoms with E-state index in [1.807, 2.05) is 65.2 Å². The van der Waals surface area contributed by atoms with Crippen molar-refractivity contribution in [2.75, 3.05) is 27.2 Å². The molecule has 2 aromatic heterocycles. The van der Waals surface area contributed by atoms with Gasteiger partial charge in [-0.3, -0.25) is 4.79 Å². The first-order chi connectivity index (χ1) is 13.8. The van der Waals surface area contributed by atoms with Crippen LogP contribution >= 0.6 is 0 Å². The minimum absolute atomic E-state index is 0.170. The second-order valence-electron chi connectivity index (χ2n) is 7.68. The van der Waals surface area contributed by atoms with Gasteiger partial charge in [0.1, 0.15) is 12.4 Å². The molecule has 0 bridgehead atoms. The Balaban J connectivity index is 1.68. The molecule has 0 aliphatic carbocycles. The maximum atomic E-state index is 12.9. The highest BCUT2D eigenvalue weighted by Crippen LogP contribution is 2.25. The zero-order chi connectivity index (χ0) is 21.0. The number of carbonyl (C=O) groups is 1. The molecule has 154 valence electrons. The lowest BCUT2D eigenvalue weighted by atomic mass is 10.0. The minimum atomic E-state index is -0.170. The monoisotopic (exact) mass is 396 g/mol. The normalized spacial score (nSPS) is 11.4. The van der Waals surface area contributed by atoms with Crippen LogP contribution < -0.4 is 10.1 Å². The van der Waals surface area contributed by atoms with Gasteiger partial charge in [-0.2, -0.15) is 0 Å². The number of nitrogens with zero attached hydrogens (tertiary/aromatic N) is 3. The summed E-state index contributed by atoms with van der Waals surface area (Å²) in [5.74, 6) is 0.827. The molecular weight excluding hydrogens is 368 g/mol. The summed E-state index contributed by atoms with van der Waals surface area (Å²) < 4.78 is 11.0. The molecule has 0 spiro atoms. The van der Waals surface area contributed by atoms with Crippen LogP contribution in [-0.4, -0.2) is 48.2 Å².